The molecule has 4 heterocycles. The van der Waals surface area contributed by atoms with E-state index in [2.05, 4.69) is 57.8 Å². The SMILES string of the molecule is CC(C)CC(NC(=O)C(CCCCNC(=O)c1cccnc1)NC(=O)C(Cc1ccc(O)cc1)N(C)C(=O)C(CO)NC(=O)C(Cc1cccnc1)NC(=O)C(Cc1ccc(Cl)cc1)NC(=O)C(Cc1ccc2ccccc2c1)N1CCCCC1=O)C(=O)NC(CCCCNC(C)C)C(=O)N1CCCC1C(=O)NC(C)C(N)=O. The fourth-order valence-electron chi connectivity index (χ4n) is 13.8. The van der Waals surface area contributed by atoms with Crippen LogP contribution >= 0.6 is 11.6 Å². The van der Waals surface area contributed by atoms with Gasteiger partial charge in [-0.1, -0.05) is 112 Å². The monoisotopic (exact) mass is 1570 g/mol. The Hall–Kier alpha value is -10.9. The van der Waals surface area contributed by atoms with Gasteiger partial charge in [-0.15, -0.1) is 0 Å². The highest BCUT2D eigenvalue weighted by Crippen LogP contribution is 2.25. The van der Waals surface area contributed by atoms with E-state index in [1.807, 2.05) is 70.2 Å². The Morgan fingerprint density at radius 3 is 1.81 bits per heavy atom. The van der Waals surface area contributed by atoms with E-state index in [0.717, 1.165) is 21.2 Å². The van der Waals surface area contributed by atoms with Crippen molar-refractivity contribution >= 4 is 93.3 Å². The summed E-state index contributed by atoms with van der Waals surface area (Å²) in [6.45, 7) is 9.22. The lowest BCUT2D eigenvalue weighted by atomic mass is 9.97. The van der Waals surface area contributed by atoms with Crippen LogP contribution in [0.2, 0.25) is 5.02 Å². The first kappa shape index (κ1) is 87.7. The number of nitrogens with one attached hydrogen (secondary N) is 9. The average Bonchev–Trinajstić information content (AvgIpc) is 1.49. The van der Waals surface area contributed by atoms with Gasteiger partial charge in [0.15, 0.2) is 0 Å². The van der Waals surface area contributed by atoms with E-state index >= 15 is 28.8 Å². The van der Waals surface area contributed by atoms with E-state index in [1.165, 1.54) is 67.9 Å². The van der Waals surface area contributed by atoms with Crippen molar-refractivity contribution in [3.63, 3.8) is 0 Å². The zero-order chi connectivity index (χ0) is 81.7. The molecular weight excluding hydrogens is 1470 g/mol. The summed E-state index contributed by atoms with van der Waals surface area (Å²) in [4.78, 5) is 185. The molecule has 10 atom stereocenters. The summed E-state index contributed by atoms with van der Waals surface area (Å²) < 4.78 is 0. The van der Waals surface area contributed by atoms with E-state index in [1.54, 1.807) is 53.4 Å². The molecule has 113 heavy (non-hydrogen) atoms. The minimum atomic E-state index is -1.82. The molecule has 13 N–H and O–H groups in total. The third-order valence-corrected chi connectivity index (χ3v) is 20.4. The van der Waals surface area contributed by atoms with Crippen molar-refractivity contribution in [2.45, 2.75) is 204 Å². The minimum absolute atomic E-state index is 0.0374. The molecule has 2 fully saturated rings. The van der Waals surface area contributed by atoms with E-state index in [-0.39, 0.29) is 107 Å². The number of aromatic hydroxyl groups is 1. The molecular formula is C83H108ClN15O14. The number of carbonyl (C=O) groups excluding carboxylic acids is 12. The van der Waals surface area contributed by atoms with Gasteiger partial charge in [-0.3, -0.25) is 67.5 Å². The summed E-state index contributed by atoms with van der Waals surface area (Å²) >= 11 is 6.32. The molecule has 12 amide bonds. The Kier molecular flexibility index (Phi) is 34.0. The number of aliphatic hydroxyl groups excluding tert-OH is 1. The van der Waals surface area contributed by atoms with E-state index in [9.17, 15) is 39.0 Å². The highest BCUT2D eigenvalue weighted by molar-refractivity contribution is 6.30. The molecule has 6 aromatic rings. The van der Waals surface area contributed by atoms with Gasteiger partial charge in [0, 0.05) is 94.6 Å². The number of phenols is 1. The third-order valence-electron chi connectivity index (χ3n) is 20.2. The number of aliphatic hydroxyl groups is 1. The summed E-state index contributed by atoms with van der Waals surface area (Å²) in [6, 6.07) is 19.2. The van der Waals surface area contributed by atoms with Crippen molar-refractivity contribution in [3.05, 3.63) is 173 Å². The molecule has 10 unspecified atom stereocenters. The number of rotatable bonds is 42. The molecule has 2 aliphatic rings. The standard InChI is InChI=1S/C83H108ClN15O14/c1-51(2)42-65(76(106)92-64(23-10-12-38-88-52(3)4)83(113)99-41-17-24-69(99)79(109)90-53(5)73(85)103)93-75(105)63(22-9-13-39-89-74(104)60-21-16-37-87-49-60)91-80(110)70(46-55-29-34-62(101)35-30-55)97(6)82(112)68(50-100)96-78(108)67(45-57-18-15-36-86-48-57)94-77(107)66(44-54-27-32-61(84)33-28-54)95-81(111)71(98-40-14-11-25-72(98)102)47-56-26-31-58-19-7-8-20-59(58)43-56/h7-8,15-16,18-21,26-37,43,48-49,51-53,63-71,88,100-101H,9-14,17,22-25,38-42,44-47,50H2,1-6H3,(H2,85,103)(H,89,104)(H,90,109)(H,91,110)(H,92,106)(H,93,105)(H,94,107)(H,95,111)(H,96,108). The molecule has 8 rings (SSSR count). The molecule has 29 nitrogen and oxygen atoms in total. The van der Waals surface area contributed by atoms with Crippen LogP contribution in [0.4, 0.5) is 0 Å². The molecule has 2 aromatic heterocycles. The van der Waals surface area contributed by atoms with Gasteiger partial charge in [0.25, 0.3) is 5.91 Å². The highest BCUT2D eigenvalue weighted by atomic mass is 35.5. The number of hydrogen-bond donors (Lipinski definition) is 12. The van der Waals surface area contributed by atoms with Crippen molar-refractivity contribution in [2.24, 2.45) is 11.7 Å². The lowest BCUT2D eigenvalue weighted by Crippen LogP contribution is -2.62. The molecule has 2 saturated heterocycles. The van der Waals surface area contributed by atoms with Gasteiger partial charge >= 0.3 is 0 Å². The van der Waals surface area contributed by atoms with E-state index in [0.29, 0.717) is 72.5 Å². The van der Waals surface area contributed by atoms with Gasteiger partial charge in [-0.25, -0.2) is 0 Å². The summed E-state index contributed by atoms with van der Waals surface area (Å²) in [5, 5.41) is 49.6. The van der Waals surface area contributed by atoms with Crippen LogP contribution in [0.5, 0.6) is 5.75 Å². The maximum Gasteiger partial charge on any atom is 0.252 e. The second-order valence-electron chi connectivity index (χ2n) is 29.8. The van der Waals surface area contributed by atoms with Gasteiger partial charge in [-0.05, 0) is 166 Å². The number of halogens is 1. The number of amides is 12. The van der Waals surface area contributed by atoms with Crippen LogP contribution in [0.3, 0.4) is 0 Å². The zero-order valence-electron chi connectivity index (χ0n) is 65.0. The first-order valence-corrected chi connectivity index (χ1v) is 39.2. The second kappa shape index (κ2) is 43.8. The molecule has 0 aliphatic carbocycles. The molecule has 2 aliphatic heterocycles. The highest BCUT2D eigenvalue weighted by Gasteiger charge is 2.42. The number of primary amides is 1. The first-order chi connectivity index (χ1) is 54.2. The van der Waals surface area contributed by atoms with Crippen molar-refractivity contribution in [1.29, 1.82) is 0 Å². The topological polar surface area (TPSA) is 415 Å². The maximum atomic E-state index is 15.4. The van der Waals surface area contributed by atoms with Gasteiger partial charge in [0.1, 0.15) is 66.2 Å². The number of hydrogen-bond acceptors (Lipinski definition) is 17. The number of pyridine rings is 2. The molecule has 0 spiro atoms. The predicted octanol–water partition coefficient (Wildman–Crippen LogP) is 4.16. The van der Waals surface area contributed by atoms with Crippen LogP contribution in [-0.2, 0) is 78.4 Å². The predicted molar refractivity (Wildman–Crippen MR) is 426 cm³/mol. The second-order valence-corrected chi connectivity index (χ2v) is 30.2. The van der Waals surface area contributed by atoms with Crippen LogP contribution in [0, 0.1) is 5.92 Å². The fraction of sp³-hybridized carbons (Fsp3) is 0.470. The van der Waals surface area contributed by atoms with Gasteiger partial charge in [0.05, 0.1) is 12.2 Å². The largest absolute Gasteiger partial charge is 0.508 e. The maximum absolute atomic E-state index is 15.4. The normalized spacial score (nSPS) is 15.9. The quantitative estimate of drug-likeness (QED) is 0.0239. The third kappa shape index (κ3) is 26.9. The first-order valence-electron chi connectivity index (χ1n) is 38.9. The fourth-order valence-corrected chi connectivity index (χ4v) is 14.0. The van der Waals surface area contributed by atoms with Crippen molar-refractivity contribution in [3.8, 4) is 5.75 Å². The van der Waals surface area contributed by atoms with E-state index < -0.39 is 132 Å². The van der Waals surface area contributed by atoms with E-state index in [4.69, 9.17) is 17.3 Å². The Labute approximate surface area is 664 Å². The lowest BCUT2D eigenvalue weighted by Gasteiger charge is -2.35. The number of nitrogens with two attached hydrogens (primary N) is 1. The van der Waals surface area contributed by atoms with Crippen LogP contribution in [0.1, 0.15) is 144 Å². The smallest absolute Gasteiger partial charge is 0.252 e. The van der Waals surface area contributed by atoms with Crippen molar-refractivity contribution < 1.29 is 67.7 Å². The molecule has 606 valence electrons. The van der Waals surface area contributed by atoms with Crippen LogP contribution in [-0.4, -0.2) is 212 Å². The number of fused-ring (bicyclic) bond motifs is 1. The summed E-state index contributed by atoms with van der Waals surface area (Å²) in [5.41, 5.74) is 7.98. The molecule has 30 heteroatoms. The average molecular weight is 1580 g/mol. The van der Waals surface area contributed by atoms with Crippen LogP contribution in [0.25, 0.3) is 10.8 Å². The van der Waals surface area contributed by atoms with Gasteiger partial charge in [-0.2, -0.15) is 0 Å². The lowest BCUT2D eigenvalue weighted by molar-refractivity contribution is -0.144. The van der Waals surface area contributed by atoms with Crippen molar-refractivity contribution in [2.75, 3.05) is 39.8 Å². The Bertz CT molecular complexity index is 4220. The van der Waals surface area contributed by atoms with Crippen LogP contribution < -0.4 is 53.6 Å². The Morgan fingerprint density at radius 2 is 1.16 bits per heavy atom. The number of unbranched alkanes of at least 4 members (excludes halogenated alkanes) is 2. The number of piperidine rings is 1. The number of aromatic nitrogens is 2. The minimum Gasteiger partial charge on any atom is -0.508 e. The number of likely N-dealkylation sites (tertiary alicyclic amines) is 2. The number of benzene rings is 4. The number of carbonyl (C=O) groups is 12. The van der Waals surface area contributed by atoms with Gasteiger partial charge in [0.2, 0.25) is 65.0 Å². The Morgan fingerprint density at radius 1 is 0.575 bits per heavy atom. The summed E-state index contributed by atoms with van der Waals surface area (Å²) in [6.07, 6.45) is 9.25. The van der Waals surface area contributed by atoms with Crippen LogP contribution in [0.15, 0.2) is 140 Å². The van der Waals surface area contributed by atoms with Gasteiger partial charge < -0.3 is 78.5 Å². The molecule has 0 bridgehead atoms. The van der Waals surface area contributed by atoms with Crippen molar-refractivity contribution in [1.82, 2.24) is 72.5 Å². The zero-order valence-corrected chi connectivity index (χ0v) is 65.8. The molecule has 0 radical (unpaired) electrons. The summed E-state index contributed by atoms with van der Waals surface area (Å²) in [5.74, 6) is -8.84. The molecule has 4 aromatic carbocycles. The molecule has 0 saturated carbocycles. The number of likely N-dealkylation sites (N-methyl/N-ethyl adjacent to an activating group) is 1. The Balaban J connectivity index is 1.06. The number of phenolic OH excluding ortho intramolecular Hbond substituents is 1. The summed E-state index contributed by atoms with van der Waals surface area (Å²) in [7, 11) is 1.26. The number of nitrogens with zero attached hydrogens (tertiary/aromatic N) is 5.